The molecule has 8 heteroatoms. The van der Waals surface area contributed by atoms with Crippen molar-refractivity contribution in [3.63, 3.8) is 0 Å². The Bertz CT molecular complexity index is 945. The molecule has 2 atom stereocenters. The minimum absolute atomic E-state index is 0.0316. The van der Waals surface area contributed by atoms with Crippen LogP contribution in [0.2, 0.25) is 0 Å². The number of pyridine rings is 1. The predicted octanol–water partition coefficient (Wildman–Crippen LogP) is 4.83. The summed E-state index contributed by atoms with van der Waals surface area (Å²) < 4.78 is 47.8. The van der Waals surface area contributed by atoms with E-state index in [-0.39, 0.29) is 18.1 Å². The number of rotatable bonds is 4. The summed E-state index contributed by atoms with van der Waals surface area (Å²) in [6.07, 6.45) is -3.72. The minimum Gasteiger partial charge on any atom is -0.473 e. The molecular formula is C22H27F3N4O. The van der Waals surface area contributed by atoms with Crippen LogP contribution in [0, 0.1) is 6.92 Å². The summed E-state index contributed by atoms with van der Waals surface area (Å²) in [5.74, 6) is 0.414. The lowest BCUT2D eigenvalue weighted by atomic mass is 9.89. The lowest BCUT2D eigenvalue weighted by Gasteiger charge is -2.31. The van der Waals surface area contributed by atoms with E-state index in [1.165, 1.54) is 6.07 Å². The van der Waals surface area contributed by atoms with Crippen LogP contribution in [-0.4, -0.2) is 37.3 Å². The standard InChI is InChI=1S/C22H27F3N4O/c1-12(2)30-21-18(6-5-13(3)27-21)28-14-9-15-16-11-26-8-7-19(16)29(4)20(15)17(10-14)22(23,24)25/h5-6,9-10,12,16,19,26,28H,7-8,11H2,1-4H3. The van der Waals surface area contributed by atoms with Crippen molar-refractivity contribution >= 4 is 17.1 Å². The maximum atomic E-state index is 14.0. The SMILES string of the molecule is Cc1ccc(Nc2cc3c(c(C(F)(F)F)c2)N(C)C2CCNCC32)c(OC(C)C)n1. The van der Waals surface area contributed by atoms with Gasteiger partial charge in [-0.3, -0.25) is 0 Å². The molecule has 0 radical (unpaired) electrons. The molecule has 2 aliphatic heterocycles. The van der Waals surface area contributed by atoms with Gasteiger partial charge < -0.3 is 20.3 Å². The number of aryl methyl sites for hydroxylation is 1. The number of fused-ring (bicyclic) bond motifs is 3. The first-order chi connectivity index (χ1) is 14.1. The van der Waals surface area contributed by atoms with E-state index in [1.807, 2.05) is 37.8 Å². The Balaban J connectivity index is 1.78. The Morgan fingerprint density at radius 2 is 2.03 bits per heavy atom. The van der Waals surface area contributed by atoms with E-state index in [9.17, 15) is 13.2 Å². The molecule has 162 valence electrons. The number of ether oxygens (including phenoxy) is 1. The van der Waals surface area contributed by atoms with Gasteiger partial charge in [-0.15, -0.1) is 0 Å². The van der Waals surface area contributed by atoms with Crippen LogP contribution in [0.3, 0.4) is 0 Å². The number of hydrogen-bond donors (Lipinski definition) is 2. The van der Waals surface area contributed by atoms with Crippen LogP contribution in [0.15, 0.2) is 24.3 Å². The molecule has 2 unspecified atom stereocenters. The molecule has 1 saturated heterocycles. The van der Waals surface area contributed by atoms with Crippen molar-refractivity contribution in [2.45, 2.75) is 51.4 Å². The summed E-state index contributed by atoms with van der Waals surface area (Å²) in [6.45, 7) is 7.11. The van der Waals surface area contributed by atoms with Gasteiger partial charge in [0.15, 0.2) is 0 Å². The van der Waals surface area contributed by atoms with Gasteiger partial charge in [0.2, 0.25) is 5.88 Å². The topological polar surface area (TPSA) is 49.4 Å². The van der Waals surface area contributed by atoms with E-state index in [0.29, 0.717) is 29.5 Å². The van der Waals surface area contributed by atoms with Gasteiger partial charge in [0, 0.05) is 36.9 Å². The fourth-order valence-corrected chi connectivity index (χ4v) is 4.51. The summed E-state index contributed by atoms with van der Waals surface area (Å²) in [7, 11) is 1.77. The number of halogens is 3. The second kappa shape index (κ2) is 7.65. The van der Waals surface area contributed by atoms with Gasteiger partial charge in [-0.1, -0.05) is 0 Å². The van der Waals surface area contributed by atoms with Gasteiger partial charge in [-0.25, -0.2) is 4.98 Å². The third-order valence-electron chi connectivity index (χ3n) is 5.77. The van der Waals surface area contributed by atoms with E-state index < -0.39 is 11.7 Å². The Morgan fingerprint density at radius 3 is 2.73 bits per heavy atom. The Hall–Kier alpha value is -2.48. The van der Waals surface area contributed by atoms with Gasteiger partial charge in [0.1, 0.15) is 5.69 Å². The second-order valence-corrected chi connectivity index (χ2v) is 8.33. The number of nitrogens with one attached hydrogen (secondary N) is 2. The van der Waals surface area contributed by atoms with Gasteiger partial charge in [-0.05, 0) is 63.6 Å². The molecule has 2 aromatic rings. The summed E-state index contributed by atoms with van der Waals surface area (Å²) in [4.78, 5) is 6.22. The molecule has 3 heterocycles. The zero-order valence-corrected chi connectivity index (χ0v) is 17.6. The van der Waals surface area contributed by atoms with E-state index in [4.69, 9.17) is 4.74 Å². The average molecular weight is 420 g/mol. The van der Waals surface area contributed by atoms with Crippen molar-refractivity contribution in [2.24, 2.45) is 0 Å². The van der Waals surface area contributed by atoms with Gasteiger partial charge in [-0.2, -0.15) is 13.2 Å². The number of piperidine rings is 1. The lowest BCUT2D eigenvalue weighted by molar-refractivity contribution is -0.137. The van der Waals surface area contributed by atoms with Crippen molar-refractivity contribution in [3.8, 4) is 5.88 Å². The van der Waals surface area contributed by atoms with Crippen molar-refractivity contribution < 1.29 is 17.9 Å². The zero-order chi connectivity index (χ0) is 21.6. The molecular weight excluding hydrogens is 393 g/mol. The van der Waals surface area contributed by atoms with Crippen LogP contribution in [0.1, 0.15) is 43.0 Å². The van der Waals surface area contributed by atoms with E-state index in [2.05, 4.69) is 15.6 Å². The Labute approximate surface area is 174 Å². The number of likely N-dealkylation sites (N-methyl/N-ethyl adjacent to an activating group) is 1. The first-order valence-electron chi connectivity index (χ1n) is 10.2. The number of anilines is 3. The van der Waals surface area contributed by atoms with Crippen LogP contribution in [0.25, 0.3) is 0 Å². The average Bonchev–Trinajstić information content (AvgIpc) is 2.95. The summed E-state index contributed by atoms with van der Waals surface area (Å²) in [6, 6.07) is 6.72. The maximum absolute atomic E-state index is 14.0. The second-order valence-electron chi connectivity index (χ2n) is 8.33. The van der Waals surface area contributed by atoms with Crippen LogP contribution in [0.4, 0.5) is 30.2 Å². The van der Waals surface area contributed by atoms with Crippen LogP contribution >= 0.6 is 0 Å². The van der Waals surface area contributed by atoms with Gasteiger partial charge in [0.05, 0.1) is 17.4 Å². The molecule has 1 aromatic carbocycles. The molecule has 0 spiro atoms. The van der Waals surface area contributed by atoms with Crippen molar-refractivity contribution in [1.82, 2.24) is 10.3 Å². The lowest BCUT2D eigenvalue weighted by Crippen LogP contribution is -2.42. The minimum atomic E-state index is -4.44. The van der Waals surface area contributed by atoms with Crippen molar-refractivity contribution in [1.29, 1.82) is 0 Å². The molecule has 5 nitrogen and oxygen atoms in total. The molecule has 0 saturated carbocycles. The van der Waals surface area contributed by atoms with Crippen molar-refractivity contribution in [2.75, 3.05) is 30.4 Å². The molecule has 30 heavy (non-hydrogen) atoms. The largest absolute Gasteiger partial charge is 0.473 e. The van der Waals surface area contributed by atoms with Crippen LogP contribution in [-0.2, 0) is 6.18 Å². The number of nitrogens with zero attached hydrogens (tertiary/aromatic N) is 2. The quantitative estimate of drug-likeness (QED) is 0.742. The molecule has 1 aromatic heterocycles. The third kappa shape index (κ3) is 3.80. The fraction of sp³-hybridized carbons (Fsp3) is 0.500. The Kier molecular flexibility index (Phi) is 5.30. The molecule has 4 rings (SSSR count). The summed E-state index contributed by atoms with van der Waals surface area (Å²) >= 11 is 0. The monoisotopic (exact) mass is 420 g/mol. The first kappa shape index (κ1) is 20.8. The number of benzene rings is 1. The van der Waals surface area contributed by atoms with E-state index in [0.717, 1.165) is 24.2 Å². The number of aromatic nitrogens is 1. The summed E-state index contributed by atoms with van der Waals surface area (Å²) in [5, 5.41) is 6.45. The number of alkyl halides is 3. The molecule has 0 aliphatic carbocycles. The smallest absolute Gasteiger partial charge is 0.418 e. The highest BCUT2D eigenvalue weighted by molar-refractivity contribution is 5.75. The van der Waals surface area contributed by atoms with Crippen LogP contribution in [0.5, 0.6) is 5.88 Å². The predicted molar refractivity (Wildman–Crippen MR) is 112 cm³/mol. The Morgan fingerprint density at radius 1 is 1.27 bits per heavy atom. The maximum Gasteiger partial charge on any atom is 0.418 e. The van der Waals surface area contributed by atoms with E-state index in [1.54, 1.807) is 13.1 Å². The highest BCUT2D eigenvalue weighted by Gasteiger charge is 2.45. The molecule has 1 fully saturated rings. The zero-order valence-electron chi connectivity index (χ0n) is 17.6. The number of hydrogen-bond acceptors (Lipinski definition) is 5. The van der Waals surface area contributed by atoms with Crippen molar-refractivity contribution in [3.05, 3.63) is 41.1 Å². The third-order valence-corrected chi connectivity index (χ3v) is 5.77. The van der Waals surface area contributed by atoms with E-state index >= 15 is 0 Å². The molecule has 0 bridgehead atoms. The normalized spacial score (nSPS) is 20.9. The fourth-order valence-electron chi connectivity index (χ4n) is 4.51. The molecule has 2 N–H and O–H groups in total. The van der Waals surface area contributed by atoms with Gasteiger partial charge in [0.25, 0.3) is 0 Å². The van der Waals surface area contributed by atoms with Gasteiger partial charge >= 0.3 is 6.18 Å². The first-order valence-corrected chi connectivity index (χ1v) is 10.2. The molecule has 0 amide bonds. The van der Waals surface area contributed by atoms with Crippen LogP contribution < -0.4 is 20.3 Å². The molecule has 2 aliphatic rings. The highest BCUT2D eigenvalue weighted by atomic mass is 19.4. The highest BCUT2D eigenvalue weighted by Crippen LogP contribution is 2.50. The summed E-state index contributed by atoms with van der Waals surface area (Å²) in [5.41, 5.74) is 2.14.